The summed E-state index contributed by atoms with van der Waals surface area (Å²) in [6, 6.07) is 2.29. The summed E-state index contributed by atoms with van der Waals surface area (Å²) < 4.78 is 26.4. The Balaban J connectivity index is 2.49. The van der Waals surface area contributed by atoms with Gasteiger partial charge in [0, 0.05) is 17.6 Å². The van der Waals surface area contributed by atoms with Crippen molar-refractivity contribution in [2.24, 2.45) is 0 Å². The van der Waals surface area contributed by atoms with Crippen molar-refractivity contribution in [3.8, 4) is 0 Å². The van der Waals surface area contributed by atoms with Crippen molar-refractivity contribution >= 4 is 43.5 Å². The van der Waals surface area contributed by atoms with Crippen molar-refractivity contribution in [1.82, 2.24) is 4.31 Å². The molecule has 1 aromatic carbocycles. The van der Waals surface area contributed by atoms with Crippen LogP contribution in [0.15, 0.2) is 21.5 Å². The summed E-state index contributed by atoms with van der Waals surface area (Å²) in [4.78, 5) is 11.0. The minimum atomic E-state index is -3.88. The van der Waals surface area contributed by atoms with Crippen LogP contribution in [0.1, 0.15) is 23.7 Å². The monoisotopic (exact) mass is 397 g/mol. The third kappa shape index (κ3) is 3.24. The highest BCUT2D eigenvalue weighted by Crippen LogP contribution is 2.33. The lowest BCUT2D eigenvalue weighted by molar-refractivity contribution is 0.0695. The molecule has 1 aromatic rings. The Hall–Kier alpha value is -0.670. The maximum atomic E-state index is 12.5. The van der Waals surface area contributed by atoms with Gasteiger partial charge in [-0.15, -0.1) is 0 Å². The van der Waals surface area contributed by atoms with Gasteiger partial charge < -0.3 is 10.2 Å². The van der Waals surface area contributed by atoms with Gasteiger partial charge in [-0.2, -0.15) is 4.31 Å². The van der Waals surface area contributed by atoms with E-state index in [0.29, 0.717) is 6.42 Å². The Kier molecular flexibility index (Phi) is 4.38. The number of hydrogen-bond acceptors (Lipinski definition) is 4. The molecule has 0 saturated carbocycles. The SMILES string of the molecule is CC1(O)CCN(S(=O)(=O)c2cc(Br)c(Cl)c(C(=O)O)c2)C1. The van der Waals surface area contributed by atoms with E-state index in [1.165, 1.54) is 6.07 Å². The van der Waals surface area contributed by atoms with E-state index in [4.69, 9.17) is 16.7 Å². The maximum Gasteiger partial charge on any atom is 0.337 e. The lowest BCUT2D eigenvalue weighted by Crippen LogP contribution is -2.34. The number of halogens is 2. The van der Waals surface area contributed by atoms with Gasteiger partial charge in [-0.25, -0.2) is 13.2 Å². The third-order valence-corrected chi connectivity index (χ3v) is 6.37. The van der Waals surface area contributed by atoms with E-state index in [1.807, 2.05) is 0 Å². The number of sulfonamides is 1. The Morgan fingerprint density at radius 2 is 2.10 bits per heavy atom. The zero-order chi connectivity index (χ0) is 16.0. The van der Waals surface area contributed by atoms with Crippen LogP contribution in [0.4, 0.5) is 0 Å². The fraction of sp³-hybridized carbons (Fsp3) is 0.417. The van der Waals surface area contributed by atoms with Crippen LogP contribution < -0.4 is 0 Å². The summed E-state index contributed by atoms with van der Waals surface area (Å²) in [5.74, 6) is -1.31. The number of aromatic carboxylic acids is 1. The van der Waals surface area contributed by atoms with Crippen molar-refractivity contribution < 1.29 is 23.4 Å². The molecule has 0 spiro atoms. The van der Waals surface area contributed by atoms with Crippen LogP contribution in [0.5, 0.6) is 0 Å². The number of carbonyl (C=O) groups is 1. The molecule has 1 atom stereocenters. The molecule has 9 heteroatoms. The Morgan fingerprint density at radius 1 is 1.48 bits per heavy atom. The number of nitrogens with zero attached hydrogens (tertiary/aromatic N) is 1. The van der Waals surface area contributed by atoms with Gasteiger partial charge in [0.15, 0.2) is 0 Å². The standard InChI is InChI=1S/C12H13BrClNO5S/c1-12(18)2-3-15(6-12)21(19,20)7-4-8(11(16)17)10(14)9(13)5-7/h4-5,18H,2-3,6H2,1H3,(H,16,17). The van der Waals surface area contributed by atoms with E-state index < -0.39 is 21.6 Å². The molecule has 0 aromatic heterocycles. The highest BCUT2D eigenvalue weighted by atomic mass is 79.9. The molecule has 0 radical (unpaired) electrons. The molecule has 1 unspecified atom stereocenters. The normalized spacial score (nSPS) is 23.4. The van der Waals surface area contributed by atoms with Gasteiger partial charge in [-0.1, -0.05) is 11.6 Å². The number of hydrogen-bond donors (Lipinski definition) is 2. The van der Waals surface area contributed by atoms with E-state index >= 15 is 0 Å². The number of benzene rings is 1. The molecule has 1 saturated heterocycles. The minimum absolute atomic E-state index is 0.0298. The molecular formula is C12H13BrClNO5S. The highest BCUT2D eigenvalue weighted by Gasteiger charge is 2.39. The van der Waals surface area contributed by atoms with Crippen LogP contribution in [0.2, 0.25) is 5.02 Å². The van der Waals surface area contributed by atoms with Gasteiger partial charge >= 0.3 is 5.97 Å². The molecule has 116 valence electrons. The second-order valence-corrected chi connectivity index (χ2v) is 8.33. The Morgan fingerprint density at radius 3 is 2.57 bits per heavy atom. The molecule has 1 aliphatic rings. The molecule has 1 aliphatic heterocycles. The van der Waals surface area contributed by atoms with Gasteiger partial charge in [0.05, 0.1) is 21.1 Å². The average Bonchev–Trinajstić information content (AvgIpc) is 2.73. The van der Waals surface area contributed by atoms with E-state index in [2.05, 4.69) is 15.9 Å². The predicted molar refractivity (Wildman–Crippen MR) is 80.1 cm³/mol. The largest absolute Gasteiger partial charge is 0.478 e. The number of rotatable bonds is 3. The predicted octanol–water partition coefficient (Wildman–Crippen LogP) is 1.95. The molecule has 1 heterocycles. The van der Waals surface area contributed by atoms with Crippen molar-refractivity contribution in [1.29, 1.82) is 0 Å². The first kappa shape index (κ1) is 16.7. The molecule has 1 fully saturated rings. The van der Waals surface area contributed by atoms with Gasteiger partial charge in [-0.05, 0) is 41.4 Å². The Bertz CT molecular complexity index is 704. The Labute approximate surface area is 135 Å². The second-order valence-electron chi connectivity index (χ2n) is 5.16. The van der Waals surface area contributed by atoms with Crippen LogP contribution in [0.3, 0.4) is 0 Å². The number of β-amino-alcohol motifs (C(OH)–C–C–N with tert-alkyl or cyclic N) is 1. The van der Waals surface area contributed by atoms with Gasteiger partial charge in [0.2, 0.25) is 10.0 Å². The molecule has 0 amide bonds. The number of carboxylic acid groups (broad SMARTS) is 1. The van der Waals surface area contributed by atoms with E-state index in [9.17, 15) is 18.3 Å². The number of aliphatic hydroxyl groups is 1. The zero-order valence-corrected chi connectivity index (χ0v) is 14.2. The summed E-state index contributed by atoms with van der Waals surface area (Å²) >= 11 is 8.90. The van der Waals surface area contributed by atoms with Gasteiger partial charge in [0.25, 0.3) is 0 Å². The van der Waals surface area contributed by atoms with Gasteiger partial charge in [0.1, 0.15) is 0 Å². The average molecular weight is 399 g/mol. The maximum absolute atomic E-state index is 12.5. The topological polar surface area (TPSA) is 94.9 Å². The highest BCUT2D eigenvalue weighted by molar-refractivity contribution is 9.10. The van der Waals surface area contributed by atoms with Gasteiger partial charge in [-0.3, -0.25) is 0 Å². The van der Waals surface area contributed by atoms with Crippen molar-refractivity contribution in [2.75, 3.05) is 13.1 Å². The zero-order valence-electron chi connectivity index (χ0n) is 11.0. The van der Waals surface area contributed by atoms with Crippen molar-refractivity contribution in [3.05, 3.63) is 27.2 Å². The molecule has 21 heavy (non-hydrogen) atoms. The molecule has 6 nitrogen and oxygen atoms in total. The molecule has 0 bridgehead atoms. The summed E-state index contributed by atoms with van der Waals surface area (Å²) in [7, 11) is -3.88. The lowest BCUT2D eigenvalue weighted by Gasteiger charge is -2.19. The summed E-state index contributed by atoms with van der Waals surface area (Å²) in [5.41, 5.74) is -1.37. The van der Waals surface area contributed by atoms with Crippen LogP contribution in [0.25, 0.3) is 0 Å². The molecule has 2 N–H and O–H groups in total. The van der Waals surface area contributed by atoms with Crippen molar-refractivity contribution in [2.45, 2.75) is 23.8 Å². The third-order valence-electron chi connectivity index (χ3n) is 3.29. The van der Waals surface area contributed by atoms with Crippen LogP contribution in [0, 0.1) is 0 Å². The smallest absolute Gasteiger partial charge is 0.337 e. The summed E-state index contributed by atoms with van der Waals surface area (Å²) in [6.07, 6.45) is 0.326. The van der Waals surface area contributed by atoms with E-state index in [-0.39, 0.29) is 33.0 Å². The molecule has 0 aliphatic carbocycles. The van der Waals surface area contributed by atoms with Crippen LogP contribution in [-0.4, -0.2) is 47.6 Å². The van der Waals surface area contributed by atoms with Crippen LogP contribution in [-0.2, 0) is 10.0 Å². The summed E-state index contributed by atoms with van der Waals surface area (Å²) in [6.45, 7) is 1.71. The molecular weight excluding hydrogens is 386 g/mol. The number of carboxylic acids is 1. The van der Waals surface area contributed by atoms with E-state index in [0.717, 1.165) is 10.4 Å². The minimum Gasteiger partial charge on any atom is -0.478 e. The quantitative estimate of drug-likeness (QED) is 0.811. The first-order chi connectivity index (χ1) is 9.54. The lowest BCUT2D eigenvalue weighted by atomic mass is 10.1. The van der Waals surface area contributed by atoms with Crippen molar-refractivity contribution in [3.63, 3.8) is 0 Å². The molecule has 2 rings (SSSR count). The first-order valence-electron chi connectivity index (χ1n) is 5.99. The fourth-order valence-electron chi connectivity index (χ4n) is 2.13. The first-order valence-corrected chi connectivity index (χ1v) is 8.60. The van der Waals surface area contributed by atoms with E-state index in [1.54, 1.807) is 6.92 Å². The second kappa shape index (κ2) is 5.51. The van der Waals surface area contributed by atoms with Crippen LogP contribution >= 0.6 is 27.5 Å². The summed E-state index contributed by atoms with van der Waals surface area (Å²) in [5, 5.41) is 18.9. The fourth-order valence-corrected chi connectivity index (χ4v) is 4.54.